The van der Waals surface area contributed by atoms with Gasteiger partial charge < -0.3 is 5.32 Å². The molecule has 1 aliphatic carbocycles. The van der Waals surface area contributed by atoms with E-state index in [0.717, 1.165) is 28.5 Å². The van der Waals surface area contributed by atoms with Crippen LogP contribution in [-0.4, -0.2) is 26.0 Å². The smallest absolute Gasteiger partial charge is 0.150 e. The second-order valence-corrected chi connectivity index (χ2v) is 9.01. The Morgan fingerprint density at radius 1 is 1.37 bits per heavy atom. The summed E-state index contributed by atoms with van der Waals surface area (Å²) in [5, 5.41) is 3.96. The lowest BCUT2D eigenvalue weighted by Crippen LogP contribution is -2.34. The SMILES string of the molecule is CS(=O)(=O)C1CCCC(Nc2ccc(Cl)cc2I)C1. The van der Waals surface area contributed by atoms with E-state index in [9.17, 15) is 8.42 Å². The topological polar surface area (TPSA) is 46.2 Å². The fraction of sp³-hybridized carbons (Fsp3) is 0.538. The molecule has 0 radical (unpaired) electrons. The highest BCUT2D eigenvalue weighted by Crippen LogP contribution is 2.29. The molecule has 0 amide bonds. The molecule has 1 saturated carbocycles. The molecule has 2 rings (SSSR count). The molecule has 6 heteroatoms. The van der Waals surface area contributed by atoms with Gasteiger partial charge in [0.15, 0.2) is 0 Å². The van der Waals surface area contributed by atoms with Crippen molar-refractivity contribution in [2.75, 3.05) is 11.6 Å². The van der Waals surface area contributed by atoms with Gasteiger partial charge in [0.05, 0.1) is 5.25 Å². The van der Waals surface area contributed by atoms with Gasteiger partial charge in [-0.1, -0.05) is 18.0 Å². The highest BCUT2D eigenvalue weighted by atomic mass is 127. The van der Waals surface area contributed by atoms with E-state index in [4.69, 9.17) is 11.6 Å². The third kappa shape index (κ3) is 4.23. The largest absolute Gasteiger partial charge is 0.381 e. The number of sulfone groups is 1. The third-order valence-electron chi connectivity index (χ3n) is 3.52. The Morgan fingerprint density at radius 2 is 2.11 bits per heavy atom. The molecule has 1 aliphatic rings. The normalized spacial score (nSPS) is 24.2. The highest BCUT2D eigenvalue weighted by Gasteiger charge is 2.28. The number of anilines is 1. The molecule has 1 fully saturated rings. The van der Waals surface area contributed by atoms with Crippen LogP contribution in [0.15, 0.2) is 18.2 Å². The molecule has 19 heavy (non-hydrogen) atoms. The second-order valence-electron chi connectivity index (χ2n) is 5.08. The van der Waals surface area contributed by atoms with Gasteiger partial charge in [-0.3, -0.25) is 0 Å². The van der Waals surface area contributed by atoms with Crippen molar-refractivity contribution >= 4 is 49.7 Å². The van der Waals surface area contributed by atoms with E-state index in [1.54, 1.807) is 0 Å². The van der Waals surface area contributed by atoms with E-state index in [0.29, 0.717) is 11.4 Å². The first-order chi connectivity index (χ1) is 8.86. The molecule has 0 aliphatic heterocycles. The fourth-order valence-electron chi connectivity index (χ4n) is 2.49. The molecule has 3 nitrogen and oxygen atoms in total. The van der Waals surface area contributed by atoms with E-state index in [1.165, 1.54) is 6.26 Å². The van der Waals surface area contributed by atoms with Crippen LogP contribution < -0.4 is 5.32 Å². The molecular formula is C13H17ClINO2S. The zero-order valence-electron chi connectivity index (χ0n) is 10.7. The van der Waals surface area contributed by atoms with Crippen molar-refractivity contribution in [3.63, 3.8) is 0 Å². The van der Waals surface area contributed by atoms with Crippen LogP contribution >= 0.6 is 34.2 Å². The predicted molar refractivity (Wildman–Crippen MR) is 88.7 cm³/mol. The minimum atomic E-state index is -2.93. The molecule has 0 heterocycles. The van der Waals surface area contributed by atoms with E-state index in [2.05, 4.69) is 27.9 Å². The third-order valence-corrected chi connectivity index (χ3v) is 6.29. The highest BCUT2D eigenvalue weighted by molar-refractivity contribution is 14.1. The molecule has 106 valence electrons. The maximum atomic E-state index is 11.6. The fourth-order valence-corrected chi connectivity index (χ4v) is 4.70. The van der Waals surface area contributed by atoms with Crippen molar-refractivity contribution in [2.24, 2.45) is 0 Å². The van der Waals surface area contributed by atoms with Gasteiger partial charge in [-0.15, -0.1) is 0 Å². The second kappa shape index (κ2) is 6.18. The summed E-state index contributed by atoms with van der Waals surface area (Å²) < 4.78 is 24.4. The Labute approximate surface area is 133 Å². The Hall–Kier alpha value is -0.0100. The van der Waals surface area contributed by atoms with E-state index in [-0.39, 0.29) is 11.3 Å². The minimum Gasteiger partial charge on any atom is -0.381 e. The summed E-state index contributed by atoms with van der Waals surface area (Å²) in [4.78, 5) is 0. The number of halogens is 2. The van der Waals surface area contributed by atoms with Gasteiger partial charge in [-0.05, 0) is 60.1 Å². The van der Waals surface area contributed by atoms with Crippen LogP contribution in [0.1, 0.15) is 25.7 Å². The zero-order chi connectivity index (χ0) is 14.0. The van der Waals surface area contributed by atoms with Crippen LogP contribution in [0.5, 0.6) is 0 Å². The lowest BCUT2D eigenvalue weighted by molar-refractivity contribution is 0.453. The average molecular weight is 414 g/mol. The van der Waals surface area contributed by atoms with Gasteiger partial charge in [-0.2, -0.15) is 0 Å². The van der Waals surface area contributed by atoms with Crippen molar-refractivity contribution in [3.8, 4) is 0 Å². The standard InChI is InChI=1S/C13H17ClINO2S/c1-19(17,18)11-4-2-3-10(8-11)16-13-6-5-9(14)7-12(13)15/h5-7,10-11,16H,2-4,8H2,1H3. The number of hydrogen-bond donors (Lipinski definition) is 1. The molecule has 0 aromatic heterocycles. The molecular weight excluding hydrogens is 397 g/mol. The zero-order valence-corrected chi connectivity index (χ0v) is 14.4. The van der Waals surface area contributed by atoms with Crippen LogP contribution in [0.25, 0.3) is 0 Å². The molecule has 2 atom stereocenters. The van der Waals surface area contributed by atoms with Gasteiger partial charge in [-0.25, -0.2) is 8.42 Å². The summed E-state index contributed by atoms with van der Waals surface area (Å²) in [5.41, 5.74) is 1.03. The van der Waals surface area contributed by atoms with Crippen molar-refractivity contribution in [1.82, 2.24) is 0 Å². The predicted octanol–water partition coefficient (Wildman–Crippen LogP) is 3.71. The maximum Gasteiger partial charge on any atom is 0.150 e. The van der Waals surface area contributed by atoms with Gasteiger partial charge >= 0.3 is 0 Å². The summed E-state index contributed by atoms with van der Waals surface area (Å²) in [5.74, 6) is 0. The molecule has 0 bridgehead atoms. The van der Waals surface area contributed by atoms with Crippen LogP contribution in [0.2, 0.25) is 5.02 Å². The van der Waals surface area contributed by atoms with Crippen molar-refractivity contribution in [1.29, 1.82) is 0 Å². The summed E-state index contributed by atoms with van der Waals surface area (Å²) in [7, 11) is -2.93. The quantitative estimate of drug-likeness (QED) is 0.768. The van der Waals surface area contributed by atoms with Crippen LogP contribution in [0.3, 0.4) is 0 Å². The molecule has 0 saturated heterocycles. The maximum absolute atomic E-state index is 11.6. The summed E-state index contributed by atoms with van der Waals surface area (Å²) in [6, 6.07) is 5.93. The lowest BCUT2D eigenvalue weighted by atomic mass is 9.95. The first kappa shape index (κ1) is 15.4. The Bertz CT molecular complexity index is 562. The van der Waals surface area contributed by atoms with Crippen LogP contribution in [-0.2, 0) is 9.84 Å². The lowest BCUT2D eigenvalue weighted by Gasteiger charge is -2.29. The molecule has 2 unspecified atom stereocenters. The number of rotatable bonds is 3. The van der Waals surface area contributed by atoms with Crippen molar-refractivity contribution in [2.45, 2.75) is 37.0 Å². The minimum absolute atomic E-state index is 0.205. The van der Waals surface area contributed by atoms with Gasteiger partial charge in [0, 0.05) is 26.6 Å². The molecule has 1 aromatic rings. The van der Waals surface area contributed by atoms with E-state index in [1.807, 2.05) is 18.2 Å². The van der Waals surface area contributed by atoms with Crippen molar-refractivity contribution < 1.29 is 8.42 Å². The van der Waals surface area contributed by atoms with Crippen molar-refractivity contribution in [3.05, 3.63) is 26.8 Å². The summed E-state index contributed by atoms with van der Waals surface area (Å²) in [6.45, 7) is 0. The van der Waals surface area contributed by atoms with Gasteiger partial charge in [0.1, 0.15) is 9.84 Å². The Morgan fingerprint density at radius 3 is 2.74 bits per heavy atom. The van der Waals surface area contributed by atoms with Crippen LogP contribution in [0.4, 0.5) is 5.69 Å². The monoisotopic (exact) mass is 413 g/mol. The first-order valence-electron chi connectivity index (χ1n) is 6.26. The van der Waals surface area contributed by atoms with Gasteiger partial charge in [0.2, 0.25) is 0 Å². The summed E-state index contributed by atoms with van der Waals surface area (Å²) in [6.07, 6.45) is 4.79. The van der Waals surface area contributed by atoms with Crippen LogP contribution in [0, 0.1) is 3.57 Å². The Balaban J connectivity index is 2.07. The molecule has 1 N–H and O–H groups in total. The number of nitrogens with one attached hydrogen (secondary N) is 1. The first-order valence-corrected chi connectivity index (χ1v) is 9.68. The molecule has 1 aromatic carbocycles. The Kier molecular flexibility index (Phi) is 5.00. The molecule has 0 spiro atoms. The van der Waals surface area contributed by atoms with E-state index >= 15 is 0 Å². The summed E-state index contributed by atoms with van der Waals surface area (Å²) >= 11 is 8.17. The number of hydrogen-bond acceptors (Lipinski definition) is 3. The number of benzene rings is 1. The van der Waals surface area contributed by atoms with E-state index < -0.39 is 9.84 Å². The van der Waals surface area contributed by atoms with Gasteiger partial charge in [0.25, 0.3) is 0 Å². The average Bonchev–Trinajstić information content (AvgIpc) is 2.32.